The van der Waals surface area contributed by atoms with Gasteiger partial charge >= 0.3 is 0 Å². The molecule has 3 nitrogen and oxygen atoms in total. The Morgan fingerprint density at radius 3 is 1.14 bits per heavy atom. The highest BCUT2D eigenvalue weighted by Gasteiger charge is 1.86. The van der Waals surface area contributed by atoms with Gasteiger partial charge in [-0.2, -0.15) is 0 Å². The van der Waals surface area contributed by atoms with E-state index in [0.29, 0.717) is 0 Å². The summed E-state index contributed by atoms with van der Waals surface area (Å²) < 4.78 is 0. The maximum atomic E-state index is 3.42. The van der Waals surface area contributed by atoms with Gasteiger partial charge in [-0.05, 0) is 20.2 Å². The Morgan fingerprint density at radius 1 is 0.857 bits per heavy atom. The normalized spacial score (nSPS) is 8.14. The second kappa shape index (κ2) is 3.21. The van der Waals surface area contributed by atoms with E-state index in [9.17, 15) is 0 Å². The molecule has 38 valence electrons. The Labute approximate surface area is 42.5 Å². The highest BCUT2D eigenvalue weighted by atomic mass is 15.1. The van der Waals surface area contributed by atoms with Crippen LogP contribution in [0, 0.1) is 0 Å². The van der Waals surface area contributed by atoms with Crippen molar-refractivity contribution in [2.45, 2.75) is 6.29 Å². The number of rotatable bonds is 3. The topological polar surface area (TPSA) is 37.1 Å². The Morgan fingerprint density at radius 2 is 1.14 bits per heavy atom. The molecule has 0 aliphatic rings. The van der Waals surface area contributed by atoms with Crippen molar-refractivity contribution in [1.29, 1.82) is 0 Å². The second-order valence-corrected chi connectivity index (χ2v) is 0.894. The lowest BCUT2D eigenvalue weighted by molar-refractivity contribution is 0.777. The first kappa shape index (κ1) is 6.01. The third-order valence-corrected chi connectivity index (χ3v) is 0.490. The number of hydrogen-bond donors (Lipinski definition) is 0. The summed E-state index contributed by atoms with van der Waals surface area (Å²) in [6.07, 6.45) is -0.472. The zero-order valence-electron chi connectivity index (χ0n) is 4.04. The summed E-state index contributed by atoms with van der Waals surface area (Å²) in [5, 5.41) is 0. The van der Waals surface area contributed by atoms with Crippen LogP contribution in [-0.2, 0) is 0 Å². The summed E-state index contributed by atoms with van der Waals surface area (Å²) in [6, 6.07) is 0. The minimum Gasteiger partial charge on any atom is -0.253 e. The van der Waals surface area contributed by atoms with Gasteiger partial charge in [0.15, 0.2) is 0 Å². The van der Waals surface area contributed by atoms with Crippen LogP contribution in [0.4, 0.5) is 0 Å². The van der Waals surface area contributed by atoms with Gasteiger partial charge in [-0.25, -0.2) is 0 Å². The molecule has 0 rings (SSSR count). The fourth-order valence-corrected chi connectivity index (χ4v) is 0.173. The summed E-state index contributed by atoms with van der Waals surface area (Å²) >= 11 is 0. The summed E-state index contributed by atoms with van der Waals surface area (Å²) in [7, 11) is 0. The molecular weight excluding hydrogens is 90.1 g/mol. The second-order valence-electron chi connectivity index (χ2n) is 0.894. The largest absolute Gasteiger partial charge is 0.253 e. The Kier molecular flexibility index (Phi) is 2.76. The molecule has 0 saturated carbocycles. The number of aliphatic imine (C=N–C) groups is 3. The standard InChI is InChI=1S/C4H7N3/c1-5-4(6-2)7-3/h4H,1-3H2. The van der Waals surface area contributed by atoms with Crippen molar-refractivity contribution in [2.75, 3.05) is 0 Å². The predicted molar refractivity (Wildman–Crippen MR) is 32.4 cm³/mol. The summed E-state index contributed by atoms with van der Waals surface area (Å²) in [4.78, 5) is 10.2. The van der Waals surface area contributed by atoms with Crippen LogP contribution >= 0.6 is 0 Å². The molecule has 0 aliphatic heterocycles. The molecule has 0 spiro atoms. The smallest absolute Gasteiger partial charge is 0.231 e. The Hall–Kier alpha value is -0.990. The van der Waals surface area contributed by atoms with Gasteiger partial charge in [-0.15, -0.1) is 0 Å². The maximum Gasteiger partial charge on any atom is 0.231 e. The zero-order chi connectivity index (χ0) is 5.70. The van der Waals surface area contributed by atoms with Gasteiger partial charge in [-0.1, -0.05) is 0 Å². The molecule has 0 bridgehead atoms. The third-order valence-electron chi connectivity index (χ3n) is 0.490. The van der Waals surface area contributed by atoms with Crippen molar-refractivity contribution in [3.8, 4) is 0 Å². The predicted octanol–water partition coefficient (Wildman–Crippen LogP) is 0.372. The van der Waals surface area contributed by atoms with Crippen molar-refractivity contribution in [1.82, 2.24) is 0 Å². The van der Waals surface area contributed by atoms with E-state index < -0.39 is 6.29 Å². The lowest BCUT2D eigenvalue weighted by atomic mass is 10.9. The SMILES string of the molecule is C=NC(N=C)N=C. The van der Waals surface area contributed by atoms with Crippen LogP contribution in [0.2, 0.25) is 0 Å². The van der Waals surface area contributed by atoms with Crippen molar-refractivity contribution in [3.05, 3.63) is 0 Å². The molecule has 0 aromatic heterocycles. The molecule has 0 N–H and O–H groups in total. The summed E-state index contributed by atoms with van der Waals surface area (Å²) in [5.41, 5.74) is 0. The van der Waals surface area contributed by atoms with Crippen molar-refractivity contribution < 1.29 is 0 Å². The van der Waals surface area contributed by atoms with Gasteiger partial charge in [0, 0.05) is 0 Å². The molecule has 7 heavy (non-hydrogen) atoms. The zero-order valence-corrected chi connectivity index (χ0v) is 4.04. The molecule has 0 fully saturated rings. The first-order valence-electron chi connectivity index (χ1n) is 1.72. The van der Waals surface area contributed by atoms with E-state index in [1.807, 2.05) is 0 Å². The summed E-state index contributed by atoms with van der Waals surface area (Å²) in [6.45, 7) is 9.56. The van der Waals surface area contributed by atoms with Gasteiger partial charge < -0.3 is 0 Å². The minimum absolute atomic E-state index is 0.472. The molecule has 0 amide bonds. The lowest BCUT2D eigenvalue weighted by Crippen LogP contribution is -1.90. The average Bonchev–Trinajstić information content (AvgIpc) is 1.72. The molecular formula is C4H7N3. The van der Waals surface area contributed by atoms with Crippen LogP contribution in [-0.4, -0.2) is 26.4 Å². The van der Waals surface area contributed by atoms with Crippen LogP contribution in [0.1, 0.15) is 0 Å². The number of hydrogen-bond acceptors (Lipinski definition) is 3. The molecule has 0 aromatic carbocycles. The van der Waals surface area contributed by atoms with E-state index in [4.69, 9.17) is 0 Å². The molecule has 0 heterocycles. The quantitative estimate of drug-likeness (QED) is 0.456. The van der Waals surface area contributed by atoms with E-state index >= 15 is 0 Å². The third kappa shape index (κ3) is 1.81. The average molecular weight is 97.1 g/mol. The van der Waals surface area contributed by atoms with E-state index in [-0.39, 0.29) is 0 Å². The molecule has 0 aromatic rings. The Balaban J connectivity index is 3.57. The molecule has 0 unspecified atom stereocenters. The van der Waals surface area contributed by atoms with Gasteiger partial charge in [0.2, 0.25) is 6.29 Å². The molecule has 0 saturated heterocycles. The fraction of sp³-hybridized carbons (Fsp3) is 0.250. The van der Waals surface area contributed by atoms with E-state index in [2.05, 4.69) is 35.1 Å². The van der Waals surface area contributed by atoms with E-state index in [0.717, 1.165) is 0 Å². The fourth-order valence-electron chi connectivity index (χ4n) is 0.173. The monoisotopic (exact) mass is 97.1 g/mol. The van der Waals surface area contributed by atoms with Crippen LogP contribution in [0.15, 0.2) is 15.0 Å². The molecule has 0 atom stereocenters. The van der Waals surface area contributed by atoms with Crippen LogP contribution in [0.3, 0.4) is 0 Å². The molecule has 0 radical (unpaired) electrons. The molecule has 0 aliphatic carbocycles. The highest BCUT2D eigenvalue weighted by Crippen LogP contribution is 1.87. The summed E-state index contributed by atoms with van der Waals surface area (Å²) in [5.74, 6) is 0. The minimum atomic E-state index is -0.472. The van der Waals surface area contributed by atoms with Crippen molar-refractivity contribution in [2.24, 2.45) is 15.0 Å². The van der Waals surface area contributed by atoms with Gasteiger partial charge in [0.25, 0.3) is 0 Å². The van der Waals surface area contributed by atoms with Gasteiger partial charge in [-0.3, -0.25) is 15.0 Å². The van der Waals surface area contributed by atoms with Crippen LogP contribution in [0.25, 0.3) is 0 Å². The van der Waals surface area contributed by atoms with Gasteiger partial charge in [0.1, 0.15) is 0 Å². The highest BCUT2D eigenvalue weighted by molar-refractivity contribution is 5.30. The van der Waals surface area contributed by atoms with Crippen molar-refractivity contribution in [3.63, 3.8) is 0 Å². The van der Waals surface area contributed by atoms with Crippen molar-refractivity contribution >= 4 is 20.2 Å². The Bertz CT molecular complexity index is 67.9. The maximum absolute atomic E-state index is 3.42. The lowest BCUT2D eigenvalue weighted by Gasteiger charge is -1.91. The van der Waals surface area contributed by atoms with Crippen LogP contribution in [0.5, 0.6) is 0 Å². The first-order chi connectivity index (χ1) is 3.35. The van der Waals surface area contributed by atoms with E-state index in [1.165, 1.54) is 0 Å². The van der Waals surface area contributed by atoms with E-state index in [1.54, 1.807) is 0 Å². The van der Waals surface area contributed by atoms with Gasteiger partial charge in [0.05, 0.1) is 0 Å². The number of nitrogens with zero attached hydrogens (tertiary/aromatic N) is 3. The first-order valence-corrected chi connectivity index (χ1v) is 1.72. The van der Waals surface area contributed by atoms with Crippen LogP contribution < -0.4 is 0 Å². The molecule has 3 heteroatoms.